The van der Waals surface area contributed by atoms with E-state index in [1.54, 1.807) is 19.0 Å². The van der Waals surface area contributed by atoms with Crippen molar-refractivity contribution in [3.63, 3.8) is 0 Å². The Hall–Kier alpha value is -2.12. The Balaban J connectivity index is 1.53. The maximum Gasteiger partial charge on any atom is 0.243 e. The van der Waals surface area contributed by atoms with Crippen molar-refractivity contribution in [2.75, 3.05) is 66.6 Å². The molecule has 1 heterocycles. The highest BCUT2D eigenvalue weighted by molar-refractivity contribution is 5.84. The second kappa shape index (κ2) is 11.3. The van der Waals surface area contributed by atoms with Crippen molar-refractivity contribution in [1.82, 2.24) is 20.4 Å². The van der Waals surface area contributed by atoms with Crippen molar-refractivity contribution in [1.29, 1.82) is 0 Å². The molecule has 1 aliphatic heterocycles. The van der Waals surface area contributed by atoms with Crippen LogP contribution in [0.25, 0.3) is 0 Å². The Kier molecular flexibility index (Phi) is 8.51. The van der Waals surface area contributed by atoms with Gasteiger partial charge in [0, 0.05) is 45.7 Å². The summed E-state index contributed by atoms with van der Waals surface area (Å²) in [6.45, 7) is 6.55. The van der Waals surface area contributed by atoms with Crippen molar-refractivity contribution in [3.8, 4) is 0 Å². The van der Waals surface area contributed by atoms with E-state index in [1.807, 2.05) is 0 Å². The lowest BCUT2D eigenvalue weighted by molar-refractivity contribution is -0.127. The first-order chi connectivity index (χ1) is 14.6. The number of hydrogen-bond donors (Lipinski definition) is 2. The van der Waals surface area contributed by atoms with Crippen LogP contribution in [0.4, 0.5) is 0 Å². The fourth-order valence-electron chi connectivity index (χ4n) is 4.01. The molecule has 1 aliphatic carbocycles. The largest absolute Gasteiger partial charge is 0.379 e. The Morgan fingerprint density at radius 1 is 1.17 bits per heavy atom. The summed E-state index contributed by atoms with van der Waals surface area (Å²) in [4.78, 5) is 20.6. The maximum absolute atomic E-state index is 12.0. The minimum atomic E-state index is 0.00540. The molecule has 166 valence electrons. The Morgan fingerprint density at radius 3 is 2.53 bits per heavy atom. The standard InChI is InChI=1S/C23H37N5O2/c1-27(2)21(29)18-25-22(24-12-7-13-28-14-16-30-17-15-28)26-19-23(10-6-11-23)20-8-4-3-5-9-20/h3-5,8-9H,6-7,10-19H2,1-2H3,(H2,24,25,26). The van der Waals surface area contributed by atoms with Crippen molar-refractivity contribution in [3.05, 3.63) is 35.9 Å². The van der Waals surface area contributed by atoms with Crippen LogP contribution in [-0.4, -0.2) is 88.2 Å². The fourth-order valence-corrected chi connectivity index (χ4v) is 4.01. The third kappa shape index (κ3) is 6.44. The Labute approximate surface area is 180 Å². The zero-order chi connectivity index (χ0) is 21.2. The van der Waals surface area contributed by atoms with Gasteiger partial charge >= 0.3 is 0 Å². The molecule has 1 amide bonds. The molecule has 2 aliphatic rings. The van der Waals surface area contributed by atoms with Crippen molar-refractivity contribution < 1.29 is 9.53 Å². The molecule has 1 saturated heterocycles. The van der Waals surface area contributed by atoms with Crippen LogP contribution < -0.4 is 10.6 Å². The van der Waals surface area contributed by atoms with E-state index in [2.05, 4.69) is 50.9 Å². The van der Waals surface area contributed by atoms with E-state index in [0.717, 1.165) is 58.3 Å². The number of hydrogen-bond acceptors (Lipinski definition) is 4. The molecule has 2 N–H and O–H groups in total. The van der Waals surface area contributed by atoms with Gasteiger partial charge in [0.1, 0.15) is 6.54 Å². The van der Waals surface area contributed by atoms with E-state index in [4.69, 9.17) is 4.74 Å². The van der Waals surface area contributed by atoms with Gasteiger partial charge in [0.2, 0.25) is 5.91 Å². The molecular formula is C23H37N5O2. The number of nitrogens with one attached hydrogen (secondary N) is 2. The van der Waals surface area contributed by atoms with E-state index in [9.17, 15) is 4.79 Å². The monoisotopic (exact) mass is 415 g/mol. The highest BCUT2D eigenvalue weighted by Gasteiger charge is 2.38. The molecule has 1 aromatic carbocycles. The van der Waals surface area contributed by atoms with Crippen LogP contribution in [0.15, 0.2) is 35.3 Å². The minimum absolute atomic E-state index is 0.00540. The molecule has 0 spiro atoms. The molecule has 1 saturated carbocycles. The first kappa shape index (κ1) is 22.6. The van der Waals surface area contributed by atoms with E-state index in [1.165, 1.54) is 24.8 Å². The topological polar surface area (TPSA) is 69.2 Å². The number of guanidine groups is 1. The molecule has 1 aromatic rings. The second-order valence-corrected chi connectivity index (χ2v) is 8.54. The van der Waals surface area contributed by atoms with Crippen LogP contribution in [0, 0.1) is 0 Å². The van der Waals surface area contributed by atoms with Crippen molar-refractivity contribution >= 4 is 11.9 Å². The van der Waals surface area contributed by atoms with Crippen LogP contribution in [0.5, 0.6) is 0 Å². The van der Waals surface area contributed by atoms with Crippen LogP contribution in [-0.2, 0) is 14.9 Å². The summed E-state index contributed by atoms with van der Waals surface area (Å²) >= 11 is 0. The van der Waals surface area contributed by atoms with Gasteiger partial charge in [-0.1, -0.05) is 36.8 Å². The van der Waals surface area contributed by atoms with E-state index in [-0.39, 0.29) is 17.9 Å². The molecule has 7 nitrogen and oxygen atoms in total. The molecule has 0 aromatic heterocycles. The SMILES string of the molecule is CN(C)C(=O)CN=C(NCCCN1CCOCC1)NCC1(c2ccccc2)CCC1. The van der Waals surface area contributed by atoms with Crippen LogP contribution in [0.2, 0.25) is 0 Å². The number of nitrogens with zero attached hydrogens (tertiary/aromatic N) is 3. The Morgan fingerprint density at radius 2 is 1.90 bits per heavy atom. The Bertz CT molecular complexity index is 682. The molecule has 30 heavy (non-hydrogen) atoms. The van der Waals surface area contributed by atoms with Crippen molar-refractivity contribution in [2.45, 2.75) is 31.1 Å². The molecular weight excluding hydrogens is 378 g/mol. The predicted molar refractivity (Wildman–Crippen MR) is 121 cm³/mol. The molecule has 7 heteroatoms. The quantitative estimate of drug-likeness (QED) is 0.363. The number of aliphatic imine (C=N–C) groups is 1. The molecule has 0 radical (unpaired) electrons. The van der Waals surface area contributed by atoms with Gasteiger partial charge in [-0.05, 0) is 31.4 Å². The van der Waals surface area contributed by atoms with Crippen LogP contribution in [0.3, 0.4) is 0 Å². The number of carbonyl (C=O) groups is 1. The summed E-state index contributed by atoms with van der Waals surface area (Å²) in [5.41, 5.74) is 1.56. The second-order valence-electron chi connectivity index (χ2n) is 8.54. The maximum atomic E-state index is 12.0. The number of amides is 1. The van der Waals surface area contributed by atoms with Gasteiger partial charge in [-0.3, -0.25) is 9.69 Å². The summed E-state index contributed by atoms with van der Waals surface area (Å²) in [7, 11) is 3.53. The number of carbonyl (C=O) groups excluding carboxylic acids is 1. The highest BCUT2D eigenvalue weighted by Crippen LogP contribution is 2.43. The summed E-state index contributed by atoms with van der Waals surface area (Å²) < 4.78 is 5.41. The van der Waals surface area contributed by atoms with E-state index >= 15 is 0 Å². The summed E-state index contributed by atoms with van der Waals surface area (Å²) in [6, 6.07) is 10.7. The van der Waals surface area contributed by atoms with E-state index in [0.29, 0.717) is 0 Å². The normalized spacial score (nSPS) is 19.1. The third-order valence-corrected chi connectivity index (χ3v) is 6.21. The van der Waals surface area contributed by atoms with Gasteiger partial charge in [-0.25, -0.2) is 4.99 Å². The van der Waals surface area contributed by atoms with Crippen LogP contribution in [0.1, 0.15) is 31.2 Å². The predicted octanol–water partition coefficient (Wildman–Crippen LogP) is 1.45. The average molecular weight is 416 g/mol. The molecule has 2 fully saturated rings. The van der Waals surface area contributed by atoms with Gasteiger partial charge in [0.05, 0.1) is 13.2 Å². The molecule has 0 bridgehead atoms. The molecule has 0 unspecified atom stereocenters. The van der Waals surface area contributed by atoms with Gasteiger partial charge in [0.25, 0.3) is 0 Å². The number of benzene rings is 1. The summed E-state index contributed by atoms with van der Waals surface area (Å²) in [5, 5.41) is 6.96. The van der Waals surface area contributed by atoms with Gasteiger partial charge in [0.15, 0.2) is 5.96 Å². The van der Waals surface area contributed by atoms with Crippen LogP contribution >= 0.6 is 0 Å². The van der Waals surface area contributed by atoms with Gasteiger partial charge in [-0.2, -0.15) is 0 Å². The average Bonchev–Trinajstić information content (AvgIpc) is 2.74. The van der Waals surface area contributed by atoms with Gasteiger partial charge in [-0.15, -0.1) is 0 Å². The third-order valence-electron chi connectivity index (χ3n) is 6.21. The van der Waals surface area contributed by atoms with Gasteiger partial charge < -0.3 is 20.3 Å². The number of ether oxygens (including phenoxy) is 1. The zero-order valence-electron chi connectivity index (χ0n) is 18.5. The lowest BCUT2D eigenvalue weighted by Gasteiger charge is -2.43. The lowest BCUT2D eigenvalue weighted by atomic mass is 9.64. The molecule has 3 rings (SSSR count). The fraction of sp³-hybridized carbons (Fsp3) is 0.652. The summed E-state index contributed by atoms with van der Waals surface area (Å²) in [5.74, 6) is 0.736. The number of morpholine rings is 1. The first-order valence-electron chi connectivity index (χ1n) is 11.2. The molecule has 0 atom stereocenters. The highest BCUT2D eigenvalue weighted by atomic mass is 16.5. The first-order valence-corrected chi connectivity index (χ1v) is 11.2. The minimum Gasteiger partial charge on any atom is -0.379 e. The number of rotatable bonds is 9. The summed E-state index contributed by atoms with van der Waals surface area (Å²) in [6.07, 6.45) is 4.66. The zero-order valence-corrected chi connectivity index (χ0v) is 18.5. The number of likely N-dealkylation sites (N-methyl/N-ethyl adjacent to an activating group) is 1. The lowest BCUT2D eigenvalue weighted by Crippen LogP contribution is -2.49. The van der Waals surface area contributed by atoms with E-state index < -0.39 is 0 Å². The smallest absolute Gasteiger partial charge is 0.243 e. The van der Waals surface area contributed by atoms with Crippen molar-refractivity contribution in [2.24, 2.45) is 4.99 Å².